The molecule has 0 N–H and O–H groups in total. The standard InChI is InChI=1S/C20H18O2/c1-21-19-11-5-7-16(13-19)15-22-20-12-6-10-18(14-20)17-8-3-2-4-9-17/h2-14H,15H2,1H3. The quantitative estimate of drug-likeness (QED) is 0.662. The SMILES string of the molecule is COc1cccc(COc2cccc(-c3ccccc3)c2)c1. The highest BCUT2D eigenvalue weighted by Gasteiger charge is 2.01. The Morgan fingerprint density at radius 1 is 0.682 bits per heavy atom. The molecular weight excluding hydrogens is 272 g/mol. The van der Waals surface area contributed by atoms with Crippen molar-refractivity contribution in [2.24, 2.45) is 0 Å². The van der Waals surface area contributed by atoms with Crippen molar-refractivity contribution in [1.29, 1.82) is 0 Å². The predicted octanol–water partition coefficient (Wildman–Crippen LogP) is 4.94. The van der Waals surface area contributed by atoms with E-state index >= 15 is 0 Å². The second-order valence-corrected chi connectivity index (χ2v) is 5.03. The van der Waals surface area contributed by atoms with E-state index in [-0.39, 0.29) is 0 Å². The Labute approximate surface area is 131 Å². The molecule has 0 aromatic heterocycles. The number of methoxy groups -OCH3 is 1. The lowest BCUT2D eigenvalue weighted by Gasteiger charge is -2.09. The Kier molecular flexibility index (Phi) is 4.40. The van der Waals surface area contributed by atoms with E-state index < -0.39 is 0 Å². The summed E-state index contributed by atoms with van der Waals surface area (Å²) < 4.78 is 11.1. The maximum atomic E-state index is 5.90. The van der Waals surface area contributed by atoms with E-state index in [1.165, 1.54) is 5.56 Å². The summed E-state index contributed by atoms with van der Waals surface area (Å²) in [5.74, 6) is 1.71. The average Bonchev–Trinajstić information content (AvgIpc) is 2.61. The van der Waals surface area contributed by atoms with Crippen LogP contribution in [0.2, 0.25) is 0 Å². The van der Waals surface area contributed by atoms with Crippen molar-refractivity contribution in [2.45, 2.75) is 6.61 Å². The minimum Gasteiger partial charge on any atom is -0.497 e. The van der Waals surface area contributed by atoms with E-state index in [0.29, 0.717) is 6.61 Å². The van der Waals surface area contributed by atoms with Crippen LogP contribution in [-0.4, -0.2) is 7.11 Å². The maximum absolute atomic E-state index is 5.90. The number of rotatable bonds is 5. The van der Waals surface area contributed by atoms with Gasteiger partial charge in [0.15, 0.2) is 0 Å². The molecular formula is C20H18O2. The lowest BCUT2D eigenvalue weighted by atomic mass is 10.1. The highest BCUT2D eigenvalue weighted by atomic mass is 16.5. The molecule has 110 valence electrons. The van der Waals surface area contributed by atoms with Gasteiger partial charge in [0.1, 0.15) is 18.1 Å². The van der Waals surface area contributed by atoms with Gasteiger partial charge in [0.05, 0.1) is 7.11 Å². The first-order valence-corrected chi connectivity index (χ1v) is 7.26. The summed E-state index contributed by atoms with van der Waals surface area (Å²) >= 11 is 0. The first-order valence-electron chi connectivity index (χ1n) is 7.26. The summed E-state index contributed by atoms with van der Waals surface area (Å²) in [6.07, 6.45) is 0. The van der Waals surface area contributed by atoms with Gasteiger partial charge in [0.25, 0.3) is 0 Å². The fourth-order valence-electron chi connectivity index (χ4n) is 2.32. The molecule has 0 aliphatic heterocycles. The lowest BCUT2D eigenvalue weighted by molar-refractivity contribution is 0.305. The van der Waals surface area contributed by atoms with Crippen LogP contribution in [0.1, 0.15) is 5.56 Å². The molecule has 0 atom stereocenters. The molecule has 3 rings (SSSR count). The summed E-state index contributed by atoms with van der Waals surface area (Å²) in [5, 5.41) is 0. The van der Waals surface area contributed by atoms with Crippen molar-refractivity contribution in [3.8, 4) is 22.6 Å². The van der Waals surface area contributed by atoms with Gasteiger partial charge < -0.3 is 9.47 Å². The highest BCUT2D eigenvalue weighted by Crippen LogP contribution is 2.24. The summed E-state index contributed by atoms with van der Waals surface area (Å²) in [5.41, 5.74) is 3.43. The van der Waals surface area contributed by atoms with E-state index in [2.05, 4.69) is 24.3 Å². The van der Waals surface area contributed by atoms with Crippen LogP contribution in [0.5, 0.6) is 11.5 Å². The van der Waals surface area contributed by atoms with Crippen molar-refractivity contribution in [1.82, 2.24) is 0 Å². The van der Waals surface area contributed by atoms with Crippen LogP contribution in [0.4, 0.5) is 0 Å². The molecule has 0 amide bonds. The van der Waals surface area contributed by atoms with Crippen molar-refractivity contribution in [2.75, 3.05) is 7.11 Å². The Morgan fingerprint density at radius 3 is 2.23 bits per heavy atom. The van der Waals surface area contributed by atoms with Gasteiger partial charge >= 0.3 is 0 Å². The molecule has 0 saturated heterocycles. The molecule has 0 spiro atoms. The number of hydrogen-bond donors (Lipinski definition) is 0. The van der Waals surface area contributed by atoms with Crippen LogP contribution < -0.4 is 9.47 Å². The van der Waals surface area contributed by atoms with Crippen molar-refractivity contribution in [3.05, 3.63) is 84.4 Å². The lowest BCUT2D eigenvalue weighted by Crippen LogP contribution is -1.96. The summed E-state index contributed by atoms with van der Waals surface area (Å²) in [4.78, 5) is 0. The molecule has 0 fully saturated rings. The monoisotopic (exact) mass is 290 g/mol. The van der Waals surface area contributed by atoms with Gasteiger partial charge in [-0.25, -0.2) is 0 Å². The molecule has 22 heavy (non-hydrogen) atoms. The third-order valence-electron chi connectivity index (χ3n) is 3.48. The van der Waals surface area contributed by atoms with Crippen LogP contribution in [0.25, 0.3) is 11.1 Å². The molecule has 2 heteroatoms. The minimum absolute atomic E-state index is 0.523. The van der Waals surface area contributed by atoms with Crippen LogP contribution >= 0.6 is 0 Å². The van der Waals surface area contributed by atoms with Gasteiger partial charge in [-0.1, -0.05) is 54.6 Å². The maximum Gasteiger partial charge on any atom is 0.120 e. The van der Waals surface area contributed by atoms with Crippen LogP contribution in [-0.2, 0) is 6.61 Å². The molecule has 2 nitrogen and oxygen atoms in total. The predicted molar refractivity (Wildman–Crippen MR) is 89.2 cm³/mol. The number of benzene rings is 3. The van der Waals surface area contributed by atoms with Gasteiger partial charge in [0.2, 0.25) is 0 Å². The highest BCUT2D eigenvalue weighted by molar-refractivity contribution is 5.64. The minimum atomic E-state index is 0.523. The fourth-order valence-corrected chi connectivity index (χ4v) is 2.32. The number of ether oxygens (including phenoxy) is 2. The van der Waals surface area contributed by atoms with Crippen molar-refractivity contribution < 1.29 is 9.47 Å². The first-order chi connectivity index (χ1) is 10.8. The fraction of sp³-hybridized carbons (Fsp3) is 0.100. The smallest absolute Gasteiger partial charge is 0.120 e. The van der Waals surface area contributed by atoms with E-state index in [0.717, 1.165) is 22.6 Å². The van der Waals surface area contributed by atoms with E-state index in [9.17, 15) is 0 Å². The van der Waals surface area contributed by atoms with Gasteiger partial charge in [-0.2, -0.15) is 0 Å². The summed E-state index contributed by atoms with van der Waals surface area (Å²) in [6.45, 7) is 0.523. The Bertz CT molecular complexity index is 735. The van der Waals surface area contributed by atoms with E-state index in [4.69, 9.17) is 9.47 Å². The molecule has 3 aromatic carbocycles. The molecule has 0 aliphatic rings. The molecule has 3 aromatic rings. The third kappa shape index (κ3) is 3.47. The zero-order valence-electron chi connectivity index (χ0n) is 12.5. The van der Waals surface area contributed by atoms with Crippen LogP contribution in [0.3, 0.4) is 0 Å². The second kappa shape index (κ2) is 6.81. The van der Waals surface area contributed by atoms with Crippen LogP contribution in [0, 0.1) is 0 Å². The Hall–Kier alpha value is -2.74. The van der Waals surface area contributed by atoms with Crippen molar-refractivity contribution >= 4 is 0 Å². The van der Waals surface area contributed by atoms with Gasteiger partial charge in [-0.05, 0) is 41.0 Å². The molecule has 0 bridgehead atoms. The van der Waals surface area contributed by atoms with E-state index in [1.807, 2.05) is 54.6 Å². The Balaban J connectivity index is 1.73. The zero-order valence-corrected chi connectivity index (χ0v) is 12.5. The average molecular weight is 290 g/mol. The molecule has 0 aliphatic carbocycles. The molecule has 0 radical (unpaired) electrons. The van der Waals surface area contributed by atoms with Gasteiger partial charge in [-0.15, -0.1) is 0 Å². The van der Waals surface area contributed by atoms with Crippen molar-refractivity contribution in [3.63, 3.8) is 0 Å². The largest absolute Gasteiger partial charge is 0.497 e. The Morgan fingerprint density at radius 2 is 1.41 bits per heavy atom. The summed E-state index contributed by atoms with van der Waals surface area (Å²) in [7, 11) is 1.67. The molecule has 0 saturated carbocycles. The molecule has 0 unspecified atom stereocenters. The normalized spacial score (nSPS) is 10.2. The zero-order chi connectivity index (χ0) is 15.2. The third-order valence-corrected chi connectivity index (χ3v) is 3.48. The van der Waals surface area contributed by atoms with Crippen LogP contribution in [0.15, 0.2) is 78.9 Å². The first kappa shape index (κ1) is 14.2. The topological polar surface area (TPSA) is 18.5 Å². The van der Waals surface area contributed by atoms with Gasteiger partial charge in [-0.3, -0.25) is 0 Å². The molecule has 0 heterocycles. The second-order valence-electron chi connectivity index (χ2n) is 5.03. The van der Waals surface area contributed by atoms with Gasteiger partial charge in [0, 0.05) is 0 Å². The number of hydrogen-bond acceptors (Lipinski definition) is 2. The van der Waals surface area contributed by atoms with E-state index in [1.54, 1.807) is 7.11 Å². The summed E-state index contributed by atoms with van der Waals surface area (Å²) in [6, 6.07) is 26.4.